The first-order chi connectivity index (χ1) is 12.6. The molecule has 4 rings (SSSR count). The van der Waals surface area contributed by atoms with Gasteiger partial charge in [0.15, 0.2) is 0 Å². The second kappa shape index (κ2) is 7.21. The summed E-state index contributed by atoms with van der Waals surface area (Å²) in [5.74, 6) is 2.37. The fourth-order valence-corrected chi connectivity index (χ4v) is 3.91. The normalized spacial score (nSPS) is 25.8. The number of carbonyl (C=O) groups excluding carboxylic acids is 1. The third kappa shape index (κ3) is 3.66. The minimum atomic E-state index is -0.377. The summed E-state index contributed by atoms with van der Waals surface area (Å²) < 4.78 is 11.9. The van der Waals surface area contributed by atoms with Gasteiger partial charge in [0.2, 0.25) is 0 Å². The van der Waals surface area contributed by atoms with Gasteiger partial charge in [0.25, 0.3) is 5.91 Å². The first-order valence-corrected chi connectivity index (χ1v) is 9.23. The summed E-state index contributed by atoms with van der Waals surface area (Å²) >= 11 is 0. The minimum absolute atomic E-state index is 0.0729. The van der Waals surface area contributed by atoms with E-state index in [1.807, 2.05) is 13.0 Å². The van der Waals surface area contributed by atoms with Crippen LogP contribution in [0.2, 0.25) is 0 Å². The van der Waals surface area contributed by atoms with Crippen molar-refractivity contribution in [3.8, 4) is 0 Å². The number of hydrogen-bond donors (Lipinski definition) is 1. The van der Waals surface area contributed by atoms with Crippen LogP contribution in [0, 0.1) is 19.8 Å². The number of aryl methyl sites for hydroxylation is 2. The fourth-order valence-electron chi connectivity index (χ4n) is 3.91. The lowest BCUT2D eigenvalue weighted by atomic mass is 9.91. The Hall–Kier alpha value is -2.18. The highest BCUT2D eigenvalue weighted by atomic mass is 16.5. The van der Waals surface area contributed by atoms with E-state index in [2.05, 4.69) is 28.2 Å². The Morgan fingerprint density at radius 2 is 2.31 bits per heavy atom. The Kier molecular flexibility index (Phi) is 4.78. The highest BCUT2D eigenvalue weighted by Gasteiger charge is 2.41. The Balaban J connectivity index is 1.33. The minimum Gasteiger partial charge on any atom is -0.465 e. The number of fused-ring (bicyclic) bond motifs is 1. The van der Waals surface area contributed by atoms with Crippen molar-refractivity contribution in [3.05, 3.63) is 47.7 Å². The van der Waals surface area contributed by atoms with Crippen LogP contribution >= 0.6 is 0 Å². The Morgan fingerprint density at radius 1 is 1.42 bits per heavy atom. The molecule has 2 aliphatic heterocycles. The zero-order valence-electron chi connectivity index (χ0n) is 15.3. The number of ether oxygens (including phenoxy) is 1. The van der Waals surface area contributed by atoms with E-state index in [0.717, 1.165) is 44.0 Å². The molecule has 0 radical (unpaired) electrons. The zero-order chi connectivity index (χ0) is 18.1. The molecule has 4 heterocycles. The molecule has 0 spiro atoms. The average Bonchev–Trinajstić information content (AvgIpc) is 3.19. The van der Waals surface area contributed by atoms with Gasteiger partial charge in [-0.1, -0.05) is 0 Å². The smallest absolute Gasteiger partial charge is 0.253 e. The summed E-state index contributed by atoms with van der Waals surface area (Å²) in [5, 5.41) is 2.90. The number of piperidine rings is 1. The summed E-state index contributed by atoms with van der Waals surface area (Å²) in [7, 11) is 0. The van der Waals surface area contributed by atoms with Gasteiger partial charge < -0.3 is 14.5 Å². The highest BCUT2D eigenvalue weighted by Crippen LogP contribution is 2.34. The maximum Gasteiger partial charge on any atom is 0.253 e. The van der Waals surface area contributed by atoms with Gasteiger partial charge in [-0.3, -0.25) is 14.7 Å². The number of anilines is 1. The van der Waals surface area contributed by atoms with Crippen LogP contribution in [0.1, 0.15) is 29.9 Å². The molecule has 6 heteroatoms. The molecule has 2 aromatic heterocycles. The molecule has 1 N–H and O–H groups in total. The second-order valence-corrected chi connectivity index (χ2v) is 7.37. The van der Waals surface area contributed by atoms with Crippen LogP contribution < -0.4 is 5.32 Å². The molecule has 0 aliphatic carbocycles. The van der Waals surface area contributed by atoms with E-state index in [9.17, 15) is 4.79 Å². The molecule has 2 fully saturated rings. The lowest BCUT2D eigenvalue weighted by Gasteiger charge is -2.33. The summed E-state index contributed by atoms with van der Waals surface area (Å²) in [6.45, 7) is 6.73. The van der Waals surface area contributed by atoms with Crippen molar-refractivity contribution in [3.63, 3.8) is 0 Å². The molecule has 26 heavy (non-hydrogen) atoms. The van der Waals surface area contributed by atoms with Crippen LogP contribution in [0.15, 0.2) is 35.0 Å². The van der Waals surface area contributed by atoms with Crippen LogP contribution in [-0.4, -0.2) is 41.1 Å². The predicted octanol–water partition coefficient (Wildman–Crippen LogP) is 2.91. The quantitative estimate of drug-likeness (QED) is 0.913. The molecule has 0 aromatic carbocycles. The van der Waals surface area contributed by atoms with Gasteiger partial charge in [0.1, 0.15) is 17.6 Å². The number of carbonyl (C=O) groups is 1. The first kappa shape index (κ1) is 17.2. The number of likely N-dealkylation sites (tertiary alicyclic amines) is 1. The van der Waals surface area contributed by atoms with Gasteiger partial charge in [0, 0.05) is 12.7 Å². The van der Waals surface area contributed by atoms with Gasteiger partial charge in [-0.2, -0.15) is 0 Å². The van der Waals surface area contributed by atoms with E-state index >= 15 is 0 Å². The predicted molar refractivity (Wildman–Crippen MR) is 97.7 cm³/mol. The molecule has 138 valence electrons. The molecule has 3 atom stereocenters. The van der Waals surface area contributed by atoms with Crippen molar-refractivity contribution < 1.29 is 13.9 Å². The standard InChI is InChI=1S/C20H25N3O3/c1-13-8-17(25-14(13)2)11-23-7-5-15-9-18(26-19(15)12-23)20(24)22-16-4-3-6-21-10-16/h3-4,6,8,10,15,18-19H,5,7,9,11-12H2,1-2H3,(H,22,24)/t15-,18-,19+/m0/s1. The summed E-state index contributed by atoms with van der Waals surface area (Å²) in [6.07, 6.45) is 4.93. The molecule has 0 saturated carbocycles. The number of pyridine rings is 1. The molecule has 2 aliphatic rings. The van der Waals surface area contributed by atoms with Crippen molar-refractivity contribution in [2.75, 3.05) is 18.4 Å². The van der Waals surface area contributed by atoms with Gasteiger partial charge >= 0.3 is 0 Å². The fraction of sp³-hybridized carbons (Fsp3) is 0.500. The molecule has 2 saturated heterocycles. The number of nitrogens with zero attached hydrogens (tertiary/aromatic N) is 2. The van der Waals surface area contributed by atoms with Crippen molar-refractivity contribution in [2.45, 2.75) is 45.4 Å². The van der Waals surface area contributed by atoms with Crippen molar-refractivity contribution in [2.24, 2.45) is 5.92 Å². The van der Waals surface area contributed by atoms with Crippen LogP contribution in [0.3, 0.4) is 0 Å². The van der Waals surface area contributed by atoms with Crippen LogP contribution in [0.25, 0.3) is 0 Å². The monoisotopic (exact) mass is 355 g/mol. The molecule has 0 unspecified atom stereocenters. The maximum atomic E-state index is 12.5. The topological polar surface area (TPSA) is 67.6 Å². The number of nitrogens with one attached hydrogen (secondary N) is 1. The van der Waals surface area contributed by atoms with Crippen LogP contribution in [0.4, 0.5) is 5.69 Å². The maximum absolute atomic E-state index is 12.5. The van der Waals surface area contributed by atoms with E-state index in [4.69, 9.17) is 9.15 Å². The van der Waals surface area contributed by atoms with Crippen molar-refractivity contribution >= 4 is 11.6 Å². The third-order valence-corrected chi connectivity index (χ3v) is 5.45. The molecular weight excluding hydrogens is 330 g/mol. The van der Waals surface area contributed by atoms with E-state index < -0.39 is 0 Å². The summed E-state index contributed by atoms with van der Waals surface area (Å²) in [4.78, 5) is 18.9. The average molecular weight is 355 g/mol. The van der Waals surface area contributed by atoms with E-state index in [1.165, 1.54) is 5.56 Å². The highest BCUT2D eigenvalue weighted by molar-refractivity contribution is 5.94. The van der Waals surface area contributed by atoms with E-state index in [0.29, 0.717) is 11.6 Å². The lowest BCUT2D eigenvalue weighted by molar-refractivity contribution is -0.127. The second-order valence-electron chi connectivity index (χ2n) is 7.37. The van der Waals surface area contributed by atoms with E-state index in [1.54, 1.807) is 18.5 Å². The Labute approximate surface area is 153 Å². The lowest BCUT2D eigenvalue weighted by Crippen LogP contribution is -2.41. The number of hydrogen-bond acceptors (Lipinski definition) is 5. The molecule has 6 nitrogen and oxygen atoms in total. The zero-order valence-corrected chi connectivity index (χ0v) is 15.3. The third-order valence-electron chi connectivity index (χ3n) is 5.45. The Morgan fingerprint density at radius 3 is 3.04 bits per heavy atom. The molecule has 2 aromatic rings. The number of aromatic nitrogens is 1. The first-order valence-electron chi connectivity index (χ1n) is 9.23. The number of rotatable bonds is 4. The number of furan rings is 1. The van der Waals surface area contributed by atoms with E-state index in [-0.39, 0.29) is 18.1 Å². The molecule has 0 bridgehead atoms. The largest absolute Gasteiger partial charge is 0.465 e. The van der Waals surface area contributed by atoms with Crippen molar-refractivity contribution in [1.82, 2.24) is 9.88 Å². The summed E-state index contributed by atoms with van der Waals surface area (Å²) in [5.41, 5.74) is 1.90. The van der Waals surface area contributed by atoms with Crippen molar-refractivity contribution in [1.29, 1.82) is 0 Å². The van der Waals surface area contributed by atoms with Gasteiger partial charge in [-0.05, 0) is 62.9 Å². The Bertz CT molecular complexity index is 754. The van der Waals surface area contributed by atoms with Gasteiger partial charge in [0.05, 0.1) is 24.5 Å². The SMILES string of the molecule is Cc1cc(CN2CC[C@H]3C[C@@H](C(=O)Nc4cccnc4)O[C@@H]3C2)oc1C. The summed E-state index contributed by atoms with van der Waals surface area (Å²) in [6, 6.07) is 5.75. The molecule has 1 amide bonds. The van der Waals surface area contributed by atoms with Gasteiger partial charge in [-0.15, -0.1) is 0 Å². The van der Waals surface area contributed by atoms with Crippen LogP contribution in [0.5, 0.6) is 0 Å². The van der Waals surface area contributed by atoms with Crippen LogP contribution in [-0.2, 0) is 16.1 Å². The molecular formula is C20H25N3O3. The van der Waals surface area contributed by atoms with Gasteiger partial charge in [-0.25, -0.2) is 0 Å². The number of amides is 1.